The summed E-state index contributed by atoms with van der Waals surface area (Å²) in [6.45, 7) is 7.28. The predicted molar refractivity (Wildman–Crippen MR) is 72.0 cm³/mol. The molecule has 0 aromatic heterocycles. The fourth-order valence-corrected chi connectivity index (χ4v) is 2.03. The zero-order chi connectivity index (χ0) is 14.4. The van der Waals surface area contributed by atoms with Crippen molar-refractivity contribution in [2.24, 2.45) is 5.92 Å². The van der Waals surface area contributed by atoms with Crippen molar-refractivity contribution in [1.29, 1.82) is 0 Å². The third-order valence-corrected chi connectivity index (χ3v) is 3.47. The Morgan fingerprint density at radius 1 is 1.16 bits per heavy atom. The normalized spacial score (nSPS) is 10.8. The Hall–Kier alpha value is -1.45. The van der Waals surface area contributed by atoms with Gasteiger partial charge >= 0.3 is 0 Å². The molecule has 1 aromatic carbocycles. The van der Waals surface area contributed by atoms with Crippen molar-refractivity contribution in [2.75, 3.05) is 13.1 Å². The Morgan fingerprint density at radius 3 is 2.26 bits per heavy atom. The highest BCUT2D eigenvalue weighted by Crippen LogP contribution is 2.15. The van der Waals surface area contributed by atoms with Crippen molar-refractivity contribution in [3.8, 4) is 0 Å². The van der Waals surface area contributed by atoms with E-state index in [-0.39, 0.29) is 11.5 Å². The first-order valence-corrected chi connectivity index (χ1v) is 6.77. The lowest BCUT2D eigenvalue weighted by atomic mass is 10.0. The molecule has 0 saturated carbocycles. The van der Waals surface area contributed by atoms with E-state index in [2.05, 4.69) is 13.8 Å². The maximum atomic E-state index is 13.2. The number of hydrogen-bond donors (Lipinski definition) is 0. The number of amides is 1. The fraction of sp³-hybridized carbons (Fsp3) is 0.533. The van der Waals surface area contributed by atoms with Crippen molar-refractivity contribution >= 4 is 5.91 Å². The maximum absolute atomic E-state index is 13.2. The van der Waals surface area contributed by atoms with Crippen LogP contribution in [0.3, 0.4) is 0 Å². The van der Waals surface area contributed by atoms with Crippen molar-refractivity contribution in [2.45, 2.75) is 33.6 Å². The zero-order valence-corrected chi connectivity index (χ0v) is 11.7. The van der Waals surface area contributed by atoms with E-state index < -0.39 is 11.6 Å². The van der Waals surface area contributed by atoms with Crippen LogP contribution in [0.2, 0.25) is 0 Å². The van der Waals surface area contributed by atoms with Gasteiger partial charge in [0.2, 0.25) is 0 Å². The summed E-state index contributed by atoms with van der Waals surface area (Å²) < 4.78 is 26.0. The number of benzene rings is 1. The molecule has 1 aromatic rings. The molecule has 0 aliphatic rings. The molecule has 0 spiro atoms. The van der Waals surface area contributed by atoms with Gasteiger partial charge in [-0.3, -0.25) is 4.79 Å². The molecular weight excluding hydrogens is 248 g/mol. The Bertz CT molecular complexity index is 430. The van der Waals surface area contributed by atoms with Crippen LogP contribution in [0.4, 0.5) is 8.78 Å². The van der Waals surface area contributed by atoms with E-state index in [1.165, 1.54) is 6.07 Å². The van der Waals surface area contributed by atoms with E-state index in [0.29, 0.717) is 19.0 Å². The third kappa shape index (κ3) is 4.01. The first kappa shape index (κ1) is 15.6. The molecule has 0 N–H and O–H groups in total. The van der Waals surface area contributed by atoms with Gasteiger partial charge in [-0.1, -0.05) is 26.7 Å². The molecule has 2 nitrogen and oxygen atoms in total. The highest BCUT2D eigenvalue weighted by molar-refractivity contribution is 5.94. The highest BCUT2D eigenvalue weighted by Gasteiger charge is 2.18. The summed E-state index contributed by atoms with van der Waals surface area (Å²) in [6.07, 6.45) is 2.00. The molecule has 0 bridgehead atoms. The Kier molecular flexibility index (Phi) is 5.93. The van der Waals surface area contributed by atoms with Gasteiger partial charge in [0.25, 0.3) is 5.91 Å². The van der Waals surface area contributed by atoms with Gasteiger partial charge in [0, 0.05) is 18.7 Å². The van der Waals surface area contributed by atoms with Gasteiger partial charge in [-0.05, 0) is 31.0 Å². The predicted octanol–water partition coefficient (Wildman–Crippen LogP) is 3.86. The number of carbonyl (C=O) groups is 1. The summed E-state index contributed by atoms with van der Waals surface area (Å²) in [7, 11) is 0. The Balaban J connectivity index is 2.85. The van der Waals surface area contributed by atoms with E-state index in [4.69, 9.17) is 0 Å². The largest absolute Gasteiger partial charge is 0.339 e. The second-order valence-corrected chi connectivity index (χ2v) is 4.66. The van der Waals surface area contributed by atoms with Gasteiger partial charge in [0.05, 0.1) is 0 Å². The molecule has 0 fully saturated rings. The third-order valence-electron chi connectivity index (χ3n) is 3.47. The molecule has 0 aliphatic heterocycles. The van der Waals surface area contributed by atoms with Crippen molar-refractivity contribution in [3.63, 3.8) is 0 Å². The van der Waals surface area contributed by atoms with E-state index in [9.17, 15) is 13.6 Å². The molecule has 0 aliphatic carbocycles. The summed E-state index contributed by atoms with van der Waals surface area (Å²) in [5.74, 6) is -1.72. The van der Waals surface area contributed by atoms with Gasteiger partial charge in [-0.2, -0.15) is 0 Å². The Labute approximate surface area is 113 Å². The molecule has 1 rings (SSSR count). The molecule has 0 unspecified atom stereocenters. The number of nitrogens with zero attached hydrogens (tertiary/aromatic N) is 1. The van der Waals surface area contributed by atoms with Crippen LogP contribution in [0.5, 0.6) is 0 Å². The summed E-state index contributed by atoms with van der Waals surface area (Å²) in [6, 6.07) is 3.29. The van der Waals surface area contributed by atoms with Gasteiger partial charge in [-0.25, -0.2) is 8.78 Å². The van der Waals surface area contributed by atoms with Crippen molar-refractivity contribution in [3.05, 3.63) is 35.4 Å². The van der Waals surface area contributed by atoms with Crippen LogP contribution >= 0.6 is 0 Å². The fourth-order valence-electron chi connectivity index (χ4n) is 2.03. The second-order valence-electron chi connectivity index (χ2n) is 4.66. The van der Waals surface area contributed by atoms with Gasteiger partial charge in [-0.15, -0.1) is 0 Å². The average Bonchev–Trinajstić information content (AvgIpc) is 2.42. The minimum absolute atomic E-state index is 0.201. The number of carbonyl (C=O) groups excluding carboxylic acids is 1. The smallest absolute Gasteiger partial charge is 0.253 e. The highest BCUT2D eigenvalue weighted by atomic mass is 19.2. The van der Waals surface area contributed by atoms with Crippen LogP contribution < -0.4 is 0 Å². The lowest BCUT2D eigenvalue weighted by Gasteiger charge is -2.25. The molecular formula is C15H21F2NO. The molecule has 106 valence electrons. The summed E-state index contributed by atoms with van der Waals surface area (Å²) in [5, 5.41) is 0. The molecule has 4 heteroatoms. The summed E-state index contributed by atoms with van der Waals surface area (Å²) >= 11 is 0. The van der Waals surface area contributed by atoms with Gasteiger partial charge in [0.1, 0.15) is 0 Å². The van der Waals surface area contributed by atoms with Crippen LogP contribution in [0.15, 0.2) is 18.2 Å². The standard InChI is InChI=1S/C15H21F2NO/c1-4-11(5-2)10-18(6-3)15(19)12-7-8-13(16)14(17)9-12/h7-9,11H,4-6,10H2,1-3H3. The lowest BCUT2D eigenvalue weighted by Crippen LogP contribution is -2.35. The van der Waals surface area contributed by atoms with Crippen LogP contribution in [-0.4, -0.2) is 23.9 Å². The molecule has 0 radical (unpaired) electrons. The van der Waals surface area contributed by atoms with Crippen LogP contribution in [-0.2, 0) is 0 Å². The molecule has 1 amide bonds. The van der Waals surface area contributed by atoms with E-state index in [1.54, 1.807) is 4.90 Å². The maximum Gasteiger partial charge on any atom is 0.253 e. The summed E-state index contributed by atoms with van der Waals surface area (Å²) in [4.78, 5) is 13.9. The Morgan fingerprint density at radius 2 is 1.79 bits per heavy atom. The van der Waals surface area contributed by atoms with E-state index in [1.807, 2.05) is 6.92 Å². The van der Waals surface area contributed by atoms with Gasteiger partial charge in [0.15, 0.2) is 11.6 Å². The minimum Gasteiger partial charge on any atom is -0.339 e. The molecule has 0 heterocycles. The topological polar surface area (TPSA) is 20.3 Å². The van der Waals surface area contributed by atoms with Crippen molar-refractivity contribution in [1.82, 2.24) is 4.90 Å². The van der Waals surface area contributed by atoms with Crippen LogP contribution in [0.25, 0.3) is 0 Å². The van der Waals surface area contributed by atoms with Gasteiger partial charge < -0.3 is 4.90 Å². The monoisotopic (exact) mass is 269 g/mol. The number of halogens is 2. The zero-order valence-electron chi connectivity index (χ0n) is 11.7. The first-order chi connectivity index (χ1) is 9.03. The molecule has 0 atom stereocenters. The quantitative estimate of drug-likeness (QED) is 0.768. The van der Waals surface area contributed by atoms with Crippen molar-refractivity contribution < 1.29 is 13.6 Å². The SMILES string of the molecule is CCC(CC)CN(CC)C(=O)c1ccc(F)c(F)c1. The van der Waals surface area contributed by atoms with E-state index >= 15 is 0 Å². The summed E-state index contributed by atoms with van der Waals surface area (Å²) in [5.41, 5.74) is 0.201. The number of hydrogen-bond acceptors (Lipinski definition) is 1. The minimum atomic E-state index is -0.982. The second kappa shape index (κ2) is 7.22. The molecule has 19 heavy (non-hydrogen) atoms. The van der Waals surface area contributed by atoms with E-state index in [0.717, 1.165) is 25.0 Å². The lowest BCUT2D eigenvalue weighted by molar-refractivity contribution is 0.0734. The number of rotatable bonds is 6. The van der Waals surface area contributed by atoms with Crippen LogP contribution in [0, 0.1) is 17.6 Å². The average molecular weight is 269 g/mol. The molecule has 0 saturated heterocycles. The van der Waals surface area contributed by atoms with Crippen LogP contribution in [0.1, 0.15) is 44.0 Å². The first-order valence-electron chi connectivity index (χ1n) is 6.77.